The van der Waals surface area contributed by atoms with Crippen LogP contribution in [0.3, 0.4) is 0 Å². The molecule has 0 aliphatic carbocycles. The Balaban J connectivity index is 2.78. The molecule has 0 aromatic rings. The third-order valence-corrected chi connectivity index (χ3v) is 3.12. The largest absolute Gasteiger partial charge is 0.448 e. The van der Waals surface area contributed by atoms with Crippen LogP contribution in [0, 0.1) is 0 Å². The lowest BCUT2D eigenvalue weighted by Crippen LogP contribution is -2.30. The first kappa shape index (κ1) is 16.9. The van der Waals surface area contributed by atoms with E-state index in [1.165, 1.54) is 13.0 Å². The predicted octanol–water partition coefficient (Wildman–Crippen LogP) is 2.62. The van der Waals surface area contributed by atoms with E-state index < -0.39 is 17.5 Å². The average Bonchev–Trinajstić information content (AvgIpc) is 2.61. The third-order valence-electron chi connectivity index (χ3n) is 3.12. The molecule has 21 heavy (non-hydrogen) atoms. The fraction of sp³-hybridized carbons (Fsp3) is 0.438. The predicted molar refractivity (Wildman–Crippen MR) is 77.2 cm³/mol. The van der Waals surface area contributed by atoms with Gasteiger partial charge < -0.3 is 9.47 Å². The van der Waals surface area contributed by atoms with Crippen molar-refractivity contribution in [3.05, 3.63) is 35.6 Å². The van der Waals surface area contributed by atoms with Gasteiger partial charge in [0, 0.05) is 19.8 Å². The molecule has 0 aromatic carbocycles. The van der Waals surface area contributed by atoms with Crippen molar-refractivity contribution in [2.75, 3.05) is 0 Å². The second kappa shape index (κ2) is 7.02. The van der Waals surface area contributed by atoms with Crippen molar-refractivity contribution in [1.29, 1.82) is 0 Å². The molecule has 1 aliphatic heterocycles. The monoisotopic (exact) mass is 292 g/mol. The highest BCUT2D eigenvalue weighted by atomic mass is 16.6. The normalized spacial score (nSPS) is 22.2. The van der Waals surface area contributed by atoms with Gasteiger partial charge in [-0.05, 0) is 26.8 Å². The number of allylic oxidation sites excluding steroid dienone is 4. The minimum absolute atomic E-state index is 0.0860. The molecule has 0 aromatic heterocycles. The van der Waals surface area contributed by atoms with Crippen LogP contribution in [0.1, 0.15) is 40.5 Å². The molecule has 1 heterocycles. The maximum atomic E-state index is 11.7. The van der Waals surface area contributed by atoms with Crippen molar-refractivity contribution in [1.82, 2.24) is 0 Å². The minimum Gasteiger partial charge on any atom is -0.448 e. The highest BCUT2D eigenvalue weighted by molar-refractivity contribution is 5.93. The van der Waals surface area contributed by atoms with Gasteiger partial charge in [-0.2, -0.15) is 0 Å². The quantitative estimate of drug-likeness (QED) is 0.427. The zero-order valence-electron chi connectivity index (χ0n) is 12.8. The molecule has 0 saturated carbocycles. The highest BCUT2D eigenvalue weighted by Gasteiger charge is 2.44. The summed E-state index contributed by atoms with van der Waals surface area (Å²) < 4.78 is 10.4. The van der Waals surface area contributed by atoms with Gasteiger partial charge in [0.05, 0.1) is 5.57 Å². The molecule has 0 bridgehead atoms. The first-order valence-electron chi connectivity index (χ1n) is 6.75. The number of hydrogen-bond donors (Lipinski definition) is 0. The standard InChI is InChI=1S/C16H20O5/c1-5-6-7-8-13(18)9-10-16(4)14(20-12(3)17)11(2)15(19)21-16/h5-8H,9-10H2,1-4H3. The smallest absolute Gasteiger partial charge is 0.338 e. The third kappa shape index (κ3) is 4.41. The number of carbonyl (C=O) groups is 3. The van der Waals surface area contributed by atoms with E-state index >= 15 is 0 Å². The zero-order valence-corrected chi connectivity index (χ0v) is 12.8. The van der Waals surface area contributed by atoms with Crippen molar-refractivity contribution < 1.29 is 23.9 Å². The van der Waals surface area contributed by atoms with Gasteiger partial charge in [0.25, 0.3) is 0 Å². The number of hydrogen-bond acceptors (Lipinski definition) is 5. The topological polar surface area (TPSA) is 69.7 Å². The van der Waals surface area contributed by atoms with E-state index in [2.05, 4.69) is 0 Å². The lowest BCUT2D eigenvalue weighted by Gasteiger charge is -2.25. The van der Waals surface area contributed by atoms with Crippen LogP contribution < -0.4 is 0 Å². The molecule has 114 valence electrons. The van der Waals surface area contributed by atoms with Crippen molar-refractivity contribution in [3.8, 4) is 0 Å². The average molecular weight is 292 g/mol. The molecule has 0 amide bonds. The van der Waals surface area contributed by atoms with Gasteiger partial charge in [-0.3, -0.25) is 9.59 Å². The molecule has 1 atom stereocenters. The maximum absolute atomic E-state index is 11.7. The Labute approximate surface area is 124 Å². The zero-order chi connectivity index (χ0) is 16.0. The van der Waals surface area contributed by atoms with Crippen LogP contribution in [0.25, 0.3) is 0 Å². The van der Waals surface area contributed by atoms with Gasteiger partial charge in [-0.25, -0.2) is 4.79 Å². The van der Waals surface area contributed by atoms with Crippen LogP contribution in [-0.2, 0) is 23.9 Å². The Bertz CT molecular complexity index is 539. The Hall–Kier alpha value is -2.17. The highest BCUT2D eigenvalue weighted by Crippen LogP contribution is 2.37. The summed E-state index contributed by atoms with van der Waals surface area (Å²) in [6.45, 7) is 6.30. The lowest BCUT2D eigenvalue weighted by molar-refractivity contribution is -0.152. The van der Waals surface area contributed by atoms with Crippen molar-refractivity contribution in [3.63, 3.8) is 0 Å². The molecule has 0 saturated heterocycles. The summed E-state index contributed by atoms with van der Waals surface area (Å²) in [5.41, 5.74) is -0.804. The molecule has 1 unspecified atom stereocenters. The molecule has 0 radical (unpaired) electrons. The van der Waals surface area contributed by atoms with E-state index in [1.807, 2.05) is 13.0 Å². The fourth-order valence-corrected chi connectivity index (χ4v) is 2.03. The van der Waals surface area contributed by atoms with Gasteiger partial charge in [-0.15, -0.1) is 0 Å². The Morgan fingerprint density at radius 3 is 2.57 bits per heavy atom. The van der Waals surface area contributed by atoms with E-state index in [0.29, 0.717) is 0 Å². The molecule has 0 spiro atoms. The van der Waals surface area contributed by atoms with Crippen LogP contribution in [-0.4, -0.2) is 23.3 Å². The van der Waals surface area contributed by atoms with Gasteiger partial charge >= 0.3 is 11.9 Å². The number of esters is 2. The Morgan fingerprint density at radius 2 is 2.00 bits per heavy atom. The first-order valence-corrected chi connectivity index (χ1v) is 6.75. The lowest BCUT2D eigenvalue weighted by atomic mass is 9.95. The van der Waals surface area contributed by atoms with Crippen LogP contribution in [0.4, 0.5) is 0 Å². The van der Waals surface area contributed by atoms with Gasteiger partial charge in [-0.1, -0.05) is 18.2 Å². The number of ketones is 1. The maximum Gasteiger partial charge on any atom is 0.338 e. The molecule has 1 rings (SSSR count). The van der Waals surface area contributed by atoms with Crippen LogP contribution in [0.15, 0.2) is 35.6 Å². The molecule has 5 nitrogen and oxygen atoms in total. The number of ether oxygens (including phenoxy) is 2. The fourth-order valence-electron chi connectivity index (χ4n) is 2.03. The molecule has 5 heteroatoms. The summed E-state index contributed by atoms with van der Waals surface area (Å²) >= 11 is 0. The van der Waals surface area contributed by atoms with E-state index in [-0.39, 0.29) is 30.0 Å². The van der Waals surface area contributed by atoms with Crippen molar-refractivity contribution in [2.45, 2.75) is 46.1 Å². The summed E-state index contributed by atoms with van der Waals surface area (Å²) in [6.07, 6.45) is 7.13. The summed E-state index contributed by atoms with van der Waals surface area (Å²) in [7, 11) is 0. The van der Waals surface area contributed by atoms with E-state index in [4.69, 9.17) is 9.47 Å². The van der Waals surface area contributed by atoms with Crippen LogP contribution >= 0.6 is 0 Å². The minimum atomic E-state index is -1.07. The van der Waals surface area contributed by atoms with E-state index in [9.17, 15) is 14.4 Å². The SMILES string of the molecule is CC=CC=CC(=O)CCC1(C)OC(=O)C(C)=C1OC(C)=O. The second-order valence-corrected chi connectivity index (χ2v) is 5.02. The van der Waals surface area contributed by atoms with E-state index in [0.717, 1.165) is 0 Å². The van der Waals surface area contributed by atoms with Crippen LogP contribution in [0.2, 0.25) is 0 Å². The van der Waals surface area contributed by atoms with Gasteiger partial charge in [0.1, 0.15) is 0 Å². The summed E-state index contributed by atoms with van der Waals surface area (Å²) in [4.78, 5) is 34.5. The molecule has 0 N–H and O–H groups in total. The van der Waals surface area contributed by atoms with Gasteiger partial charge in [0.2, 0.25) is 0 Å². The van der Waals surface area contributed by atoms with Crippen molar-refractivity contribution >= 4 is 17.7 Å². The second-order valence-electron chi connectivity index (χ2n) is 5.02. The van der Waals surface area contributed by atoms with Crippen molar-refractivity contribution in [2.24, 2.45) is 0 Å². The summed E-state index contributed by atoms with van der Waals surface area (Å²) in [5.74, 6) is -0.929. The first-order chi connectivity index (χ1) is 9.80. The van der Waals surface area contributed by atoms with Crippen LogP contribution in [0.5, 0.6) is 0 Å². The molecule has 0 fully saturated rings. The number of cyclic esters (lactones) is 1. The molecular formula is C16H20O5. The Kier molecular flexibility index (Phi) is 5.64. The summed E-state index contributed by atoms with van der Waals surface area (Å²) in [6, 6.07) is 0. The van der Waals surface area contributed by atoms with Gasteiger partial charge in [0.15, 0.2) is 17.1 Å². The number of rotatable bonds is 6. The number of carbonyl (C=O) groups excluding carboxylic acids is 3. The molecular weight excluding hydrogens is 272 g/mol. The Morgan fingerprint density at radius 1 is 1.33 bits per heavy atom. The summed E-state index contributed by atoms with van der Waals surface area (Å²) in [5, 5.41) is 0. The molecule has 1 aliphatic rings. The van der Waals surface area contributed by atoms with E-state index in [1.54, 1.807) is 26.0 Å².